The summed E-state index contributed by atoms with van der Waals surface area (Å²) in [4.78, 5) is 19.4. The van der Waals surface area contributed by atoms with Gasteiger partial charge in [-0.15, -0.1) is 4.91 Å². The first-order chi connectivity index (χ1) is 9.13. The second-order valence-electron chi connectivity index (χ2n) is 4.76. The third-order valence-corrected chi connectivity index (χ3v) is 3.26. The summed E-state index contributed by atoms with van der Waals surface area (Å²) in [6.07, 6.45) is 5.74. The first kappa shape index (κ1) is 13.3. The van der Waals surface area contributed by atoms with Crippen molar-refractivity contribution in [3.63, 3.8) is 0 Å². The maximum atomic E-state index is 10.6. The van der Waals surface area contributed by atoms with Gasteiger partial charge in [-0.05, 0) is 43.5 Å². The average molecular weight is 255 g/mol. The Morgan fingerprint density at radius 2 is 2.16 bits per heavy atom. The first-order valence-corrected chi connectivity index (χ1v) is 6.32. The minimum atomic E-state index is 0.268. The van der Waals surface area contributed by atoms with E-state index in [2.05, 4.69) is 21.7 Å². The molecule has 0 N–H and O–H groups in total. The zero-order valence-electron chi connectivity index (χ0n) is 11.3. The number of rotatable bonds is 5. The number of allylic oxidation sites excluding steroid dienone is 2. The maximum Gasteiger partial charge on any atom is 0.105 e. The monoisotopic (exact) mass is 255 g/mol. The van der Waals surface area contributed by atoms with Crippen molar-refractivity contribution in [2.45, 2.75) is 26.7 Å². The van der Waals surface area contributed by atoms with Gasteiger partial charge < -0.3 is 0 Å². The number of hydrogen-bond donors (Lipinski definition) is 0. The quantitative estimate of drug-likeness (QED) is 0.456. The summed E-state index contributed by atoms with van der Waals surface area (Å²) in [5, 5.41) is 2.92. The molecule has 0 aliphatic heterocycles. The van der Waals surface area contributed by atoms with Crippen LogP contribution in [0, 0.1) is 10.8 Å². The maximum absolute atomic E-state index is 10.6. The number of nitroso groups, excluding NO2 is 1. The first-order valence-electron chi connectivity index (χ1n) is 6.32. The molecule has 0 spiro atoms. The summed E-state index contributed by atoms with van der Waals surface area (Å²) >= 11 is 0. The van der Waals surface area contributed by atoms with Gasteiger partial charge in [0.25, 0.3) is 0 Å². The zero-order valence-corrected chi connectivity index (χ0v) is 11.3. The molecule has 0 atom stereocenters. The van der Waals surface area contributed by atoms with E-state index in [9.17, 15) is 4.91 Å². The van der Waals surface area contributed by atoms with Crippen molar-refractivity contribution in [3.8, 4) is 0 Å². The Morgan fingerprint density at radius 1 is 1.42 bits per heavy atom. The summed E-state index contributed by atoms with van der Waals surface area (Å²) in [7, 11) is 0. The Kier molecular flexibility index (Phi) is 4.00. The predicted molar refractivity (Wildman–Crippen MR) is 76.8 cm³/mol. The van der Waals surface area contributed by atoms with Crippen LogP contribution >= 0.6 is 0 Å². The van der Waals surface area contributed by atoms with Crippen molar-refractivity contribution in [1.29, 1.82) is 0 Å². The molecule has 1 aromatic heterocycles. The van der Waals surface area contributed by atoms with E-state index in [0.717, 1.165) is 35.4 Å². The van der Waals surface area contributed by atoms with E-state index in [1.54, 1.807) is 12.4 Å². The van der Waals surface area contributed by atoms with Gasteiger partial charge in [-0.25, -0.2) is 0 Å². The van der Waals surface area contributed by atoms with Crippen LogP contribution in [-0.2, 0) is 0 Å². The third kappa shape index (κ3) is 3.22. The van der Waals surface area contributed by atoms with Crippen molar-refractivity contribution in [2.24, 2.45) is 16.1 Å². The fourth-order valence-electron chi connectivity index (χ4n) is 1.88. The van der Waals surface area contributed by atoms with Crippen LogP contribution < -0.4 is 0 Å². The molecule has 1 aliphatic rings. The third-order valence-electron chi connectivity index (χ3n) is 3.26. The van der Waals surface area contributed by atoms with Crippen molar-refractivity contribution in [2.75, 3.05) is 0 Å². The highest BCUT2D eigenvalue weighted by molar-refractivity contribution is 5.99. The minimum Gasteiger partial charge on any atom is -0.264 e. The summed E-state index contributed by atoms with van der Waals surface area (Å²) in [6.45, 7) is 7.47. The standard InChI is InChI=1S/C15H17N3O/c1-10(11(2)18-19)15(13-6-7-13)17-12(3)14-5-4-8-16-9-14/h4-5,8-9,13H,2,6-7H2,1,3H3/b15-10+,17-12?. The molecule has 0 saturated heterocycles. The van der Waals surface area contributed by atoms with Crippen molar-refractivity contribution >= 4 is 5.71 Å². The van der Waals surface area contributed by atoms with Gasteiger partial charge in [-0.1, -0.05) is 12.6 Å². The summed E-state index contributed by atoms with van der Waals surface area (Å²) < 4.78 is 0. The molecular formula is C15H17N3O. The number of hydrogen-bond acceptors (Lipinski definition) is 4. The Morgan fingerprint density at radius 3 is 2.68 bits per heavy atom. The molecule has 0 radical (unpaired) electrons. The number of aromatic nitrogens is 1. The van der Waals surface area contributed by atoms with Crippen LogP contribution in [0.15, 0.2) is 58.2 Å². The highest BCUT2D eigenvalue weighted by atomic mass is 16.3. The topological polar surface area (TPSA) is 54.7 Å². The lowest BCUT2D eigenvalue weighted by Gasteiger charge is -2.07. The molecular weight excluding hydrogens is 238 g/mol. The van der Waals surface area contributed by atoms with Crippen LogP contribution in [-0.4, -0.2) is 10.7 Å². The number of pyridine rings is 1. The van der Waals surface area contributed by atoms with Gasteiger partial charge in [0.2, 0.25) is 0 Å². The molecule has 4 nitrogen and oxygen atoms in total. The molecule has 1 fully saturated rings. The van der Waals surface area contributed by atoms with Crippen LogP contribution in [0.1, 0.15) is 32.3 Å². The Hall–Kier alpha value is -2.10. The molecule has 0 bridgehead atoms. The van der Waals surface area contributed by atoms with Crippen molar-refractivity contribution in [1.82, 2.24) is 4.98 Å². The van der Waals surface area contributed by atoms with Gasteiger partial charge in [0, 0.05) is 35.3 Å². The fourth-order valence-corrected chi connectivity index (χ4v) is 1.88. The fraction of sp³-hybridized carbons (Fsp3) is 0.333. The van der Waals surface area contributed by atoms with Gasteiger partial charge >= 0.3 is 0 Å². The van der Waals surface area contributed by atoms with E-state index in [0.29, 0.717) is 5.92 Å². The Bertz CT molecular complexity index is 554. The lowest BCUT2D eigenvalue weighted by molar-refractivity contribution is 0.946. The van der Waals surface area contributed by atoms with E-state index in [1.165, 1.54) is 0 Å². The molecule has 98 valence electrons. The van der Waals surface area contributed by atoms with Crippen LogP contribution in [0.5, 0.6) is 0 Å². The summed E-state index contributed by atoms with van der Waals surface area (Å²) in [5.74, 6) is 0.435. The highest BCUT2D eigenvalue weighted by Crippen LogP contribution is 2.40. The molecule has 1 heterocycles. The van der Waals surface area contributed by atoms with Crippen molar-refractivity contribution in [3.05, 3.63) is 58.5 Å². The van der Waals surface area contributed by atoms with Gasteiger partial charge in [-0.2, -0.15) is 0 Å². The van der Waals surface area contributed by atoms with Gasteiger partial charge in [0.1, 0.15) is 5.70 Å². The lowest BCUT2D eigenvalue weighted by Crippen LogP contribution is -1.99. The summed E-state index contributed by atoms with van der Waals surface area (Å²) in [6, 6.07) is 3.85. The van der Waals surface area contributed by atoms with Crippen LogP contribution in [0.4, 0.5) is 0 Å². The molecule has 0 amide bonds. The SMILES string of the molecule is C=C(N=O)/C(C)=C(/N=C(C)c1cccnc1)C1CC1. The molecule has 4 heteroatoms. The largest absolute Gasteiger partial charge is 0.264 e. The zero-order chi connectivity index (χ0) is 13.8. The van der Waals surface area contributed by atoms with Gasteiger partial charge in [0.15, 0.2) is 0 Å². The van der Waals surface area contributed by atoms with Crippen molar-refractivity contribution < 1.29 is 0 Å². The molecule has 1 saturated carbocycles. The molecule has 19 heavy (non-hydrogen) atoms. The Balaban J connectivity index is 2.36. The smallest absolute Gasteiger partial charge is 0.105 e. The number of aliphatic imine (C=N–C) groups is 1. The normalized spacial score (nSPS) is 16.8. The van der Waals surface area contributed by atoms with E-state index in [-0.39, 0.29) is 5.70 Å². The number of nitrogens with zero attached hydrogens (tertiary/aromatic N) is 3. The van der Waals surface area contributed by atoms with E-state index in [1.807, 2.05) is 26.0 Å². The predicted octanol–water partition coefficient (Wildman–Crippen LogP) is 3.85. The molecule has 0 unspecified atom stereocenters. The average Bonchev–Trinajstić information content (AvgIpc) is 3.28. The van der Waals surface area contributed by atoms with Crippen LogP contribution in [0.25, 0.3) is 0 Å². The highest BCUT2D eigenvalue weighted by Gasteiger charge is 2.28. The minimum absolute atomic E-state index is 0.268. The van der Waals surface area contributed by atoms with E-state index in [4.69, 9.17) is 0 Å². The molecule has 1 aliphatic carbocycles. The summed E-state index contributed by atoms with van der Waals surface area (Å²) in [5.41, 5.74) is 3.88. The van der Waals surface area contributed by atoms with Crippen LogP contribution in [0.3, 0.4) is 0 Å². The van der Waals surface area contributed by atoms with Crippen LogP contribution in [0.2, 0.25) is 0 Å². The molecule has 1 aromatic rings. The second-order valence-corrected chi connectivity index (χ2v) is 4.76. The van der Waals surface area contributed by atoms with Gasteiger partial charge in [-0.3, -0.25) is 9.98 Å². The van der Waals surface area contributed by atoms with E-state index >= 15 is 0 Å². The lowest BCUT2D eigenvalue weighted by atomic mass is 10.1. The Labute approximate surface area is 113 Å². The molecule has 0 aromatic carbocycles. The van der Waals surface area contributed by atoms with Gasteiger partial charge in [0.05, 0.1) is 0 Å². The molecule has 2 rings (SSSR count). The second kappa shape index (κ2) is 5.69. The van der Waals surface area contributed by atoms with E-state index < -0.39 is 0 Å².